The molecule has 0 aliphatic rings. The van der Waals surface area contributed by atoms with Gasteiger partial charge in [0, 0.05) is 22.1 Å². The van der Waals surface area contributed by atoms with E-state index >= 15 is 0 Å². The fraction of sp³-hybridized carbons (Fsp3) is 0.150. The van der Waals surface area contributed by atoms with Crippen molar-refractivity contribution in [3.8, 4) is 5.75 Å². The highest BCUT2D eigenvalue weighted by Crippen LogP contribution is 2.33. The number of hydrogen-bond donors (Lipinski definition) is 1. The van der Waals surface area contributed by atoms with Gasteiger partial charge < -0.3 is 14.8 Å². The van der Waals surface area contributed by atoms with Crippen molar-refractivity contribution in [2.45, 2.75) is 6.92 Å². The van der Waals surface area contributed by atoms with E-state index in [9.17, 15) is 4.79 Å². The third-order valence-corrected chi connectivity index (χ3v) is 3.76. The molecule has 122 valence electrons. The fourth-order valence-corrected chi connectivity index (χ4v) is 2.65. The van der Waals surface area contributed by atoms with E-state index in [0.29, 0.717) is 12.2 Å². The third-order valence-electron chi connectivity index (χ3n) is 3.76. The average molecular weight is 321 g/mol. The lowest BCUT2D eigenvalue weighted by molar-refractivity contribution is 0.0526. The van der Waals surface area contributed by atoms with Crippen LogP contribution in [0.25, 0.3) is 10.8 Å². The van der Waals surface area contributed by atoms with Crippen LogP contribution in [0.5, 0.6) is 5.75 Å². The Labute approximate surface area is 141 Å². The van der Waals surface area contributed by atoms with Crippen LogP contribution in [0.15, 0.2) is 60.7 Å². The molecule has 0 atom stereocenters. The minimum atomic E-state index is -0.319. The third kappa shape index (κ3) is 3.18. The minimum Gasteiger partial charge on any atom is -0.496 e. The van der Waals surface area contributed by atoms with Crippen LogP contribution in [-0.2, 0) is 4.74 Å². The molecule has 3 aromatic carbocycles. The van der Waals surface area contributed by atoms with Crippen LogP contribution >= 0.6 is 0 Å². The summed E-state index contributed by atoms with van der Waals surface area (Å²) in [5.41, 5.74) is 2.31. The van der Waals surface area contributed by atoms with Crippen molar-refractivity contribution in [3.63, 3.8) is 0 Å². The molecule has 0 amide bonds. The number of carbonyl (C=O) groups excluding carboxylic acids is 1. The lowest BCUT2D eigenvalue weighted by Gasteiger charge is -2.13. The first-order chi connectivity index (χ1) is 11.7. The van der Waals surface area contributed by atoms with Crippen molar-refractivity contribution in [2.24, 2.45) is 0 Å². The summed E-state index contributed by atoms with van der Waals surface area (Å²) in [5.74, 6) is 0.511. The zero-order valence-electron chi connectivity index (χ0n) is 13.7. The standard InChI is InChI=1S/C20H19NO3/c1-3-24-20(22)14-7-6-8-15(13-14)21-18-11-12-19(23-2)17-10-5-4-9-16(17)18/h4-13,21H,3H2,1-2H3. The molecule has 0 unspecified atom stereocenters. The maximum absolute atomic E-state index is 11.9. The molecule has 4 nitrogen and oxygen atoms in total. The molecule has 24 heavy (non-hydrogen) atoms. The van der Waals surface area contributed by atoms with Crippen LogP contribution in [0.2, 0.25) is 0 Å². The number of benzene rings is 3. The first kappa shape index (κ1) is 15.9. The average Bonchev–Trinajstić information content (AvgIpc) is 2.62. The van der Waals surface area contributed by atoms with Crippen LogP contribution < -0.4 is 10.1 Å². The number of anilines is 2. The van der Waals surface area contributed by atoms with Gasteiger partial charge in [0.05, 0.1) is 19.3 Å². The predicted molar refractivity (Wildman–Crippen MR) is 96.2 cm³/mol. The van der Waals surface area contributed by atoms with Crippen molar-refractivity contribution < 1.29 is 14.3 Å². The fourth-order valence-electron chi connectivity index (χ4n) is 2.65. The van der Waals surface area contributed by atoms with Crippen molar-refractivity contribution in [1.82, 2.24) is 0 Å². The number of rotatable bonds is 5. The highest BCUT2D eigenvalue weighted by molar-refractivity contribution is 5.99. The number of esters is 1. The Balaban J connectivity index is 1.96. The van der Waals surface area contributed by atoms with Crippen molar-refractivity contribution in [3.05, 3.63) is 66.2 Å². The Morgan fingerprint density at radius 3 is 2.54 bits per heavy atom. The van der Waals surface area contributed by atoms with E-state index in [4.69, 9.17) is 9.47 Å². The summed E-state index contributed by atoms with van der Waals surface area (Å²) in [5, 5.41) is 5.46. The molecule has 4 heteroatoms. The van der Waals surface area contributed by atoms with E-state index in [1.807, 2.05) is 48.5 Å². The van der Waals surface area contributed by atoms with E-state index in [-0.39, 0.29) is 5.97 Å². The lowest BCUT2D eigenvalue weighted by Crippen LogP contribution is -2.05. The van der Waals surface area contributed by atoms with Gasteiger partial charge in [-0.25, -0.2) is 4.79 Å². The molecule has 0 heterocycles. The monoisotopic (exact) mass is 321 g/mol. The Morgan fingerprint density at radius 1 is 1.00 bits per heavy atom. The van der Waals surface area contributed by atoms with E-state index < -0.39 is 0 Å². The molecule has 0 saturated carbocycles. The van der Waals surface area contributed by atoms with Gasteiger partial charge in [0.1, 0.15) is 5.75 Å². The van der Waals surface area contributed by atoms with E-state index in [0.717, 1.165) is 27.9 Å². The first-order valence-corrected chi connectivity index (χ1v) is 7.83. The summed E-state index contributed by atoms with van der Waals surface area (Å²) in [4.78, 5) is 11.9. The minimum absolute atomic E-state index is 0.319. The second-order valence-corrected chi connectivity index (χ2v) is 5.29. The van der Waals surface area contributed by atoms with E-state index in [1.165, 1.54) is 0 Å². The van der Waals surface area contributed by atoms with Gasteiger partial charge in [0.15, 0.2) is 0 Å². The molecular weight excluding hydrogens is 302 g/mol. The van der Waals surface area contributed by atoms with Gasteiger partial charge >= 0.3 is 5.97 Å². The highest BCUT2D eigenvalue weighted by Gasteiger charge is 2.09. The molecule has 3 rings (SSSR count). The first-order valence-electron chi connectivity index (χ1n) is 7.83. The van der Waals surface area contributed by atoms with Gasteiger partial charge in [-0.2, -0.15) is 0 Å². The summed E-state index contributed by atoms with van der Waals surface area (Å²) >= 11 is 0. The number of nitrogens with one attached hydrogen (secondary N) is 1. The smallest absolute Gasteiger partial charge is 0.338 e. The summed E-state index contributed by atoms with van der Waals surface area (Å²) in [6, 6.07) is 19.2. The quantitative estimate of drug-likeness (QED) is 0.688. The zero-order chi connectivity index (χ0) is 16.9. The highest BCUT2D eigenvalue weighted by atomic mass is 16.5. The molecule has 0 fully saturated rings. The normalized spacial score (nSPS) is 10.4. The SMILES string of the molecule is CCOC(=O)c1cccc(Nc2ccc(OC)c3ccccc23)c1. The Kier molecular flexibility index (Phi) is 4.66. The van der Waals surface area contributed by atoms with Gasteiger partial charge in [-0.1, -0.05) is 30.3 Å². The Hall–Kier alpha value is -3.01. The van der Waals surface area contributed by atoms with Crippen LogP contribution in [0, 0.1) is 0 Å². The van der Waals surface area contributed by atoms with Gasteiger partial charge in [-0.15, -0.1) is 0 Å². The molecule has 0 saturated heterocycles. The topological polar surface area (TPSA) is 47.6 Å². The van der Waals surface area contributed by atoms with Crippen LogP contribution in [0.4, 0.5) is 11.4 Å². The van der Waals surface area contributed by atoms with Gasteiger partial charge in [-0.3, -0.25) is 0 Å². The summed E-state index contributed by atoms with van der Waals surface area (Å²) in [7, 11) is 1.66. The van der Waals surface area contributed by atoms with Crippen molar-refractivity contribution >= 4 is 28.1 Å². The van der Waals surface area contributed by atoms with Crippen LogP contribution in [0.1, 0.15) is 17.3 Å². The summed E-state index contributed by atoms with van der Waals surface area (Å²) in [6.45, 7) is 2.16. The lowest BCUT2D eigenvalue weighted by atomic mass is 10.1. The second kappa shape index (κ2) is 7.04. The molecule has 0 aliphatic carbocycles. The largest absolute Gasteiger partial charge is 0.496 e. The van der Waals surface area contributed by atoms with E-state index in [2.05, 4.69) is 5.32 Å². The summed E-state index contributed by atoms with van der Waals surface area (Å²) in [6.07, 6.45) is 0. The van der Waals surface area contributed by atoms with Crippen LogP contribution in [-0.4, -0.2) is 19.7 Å². The van der Waals surface area contributed by atoms with Crippen LogP contribution in [0.3, 0.4) is 0 Å². The number of methoxy groups -OCH3 is 1. The molecular formula is C20H19NO3. The van der Waals surface area contributed by atoms with Gasteiger partial charge in [0.2, 0.25) is 0 Å². The maximum atomic E-state index is 11.9. The maximum Gasteiger partial charge on any atom is 0.338 e. The summed E-state index contributed by atoms with van der Waals surface area (Å²) < 4.78 is 10.5. The number of carbonyl (C=O) groups is 1. The Morgan fingerprint density at radius 2 is 1.79 bits per heavy atom. The van der Waals surface area contributed by atoms with Crippen molar-refractivity contribution in [2.75, 3.05) is 19.0 Å². The van der Waals surface area contributed by atoms with Crippen molar-refractivity contribution in [1.29, 1.82) is 0 Å². The molecule has 0 spiro atoms. The molecule has 0 aliphatic heterocycles. The molecule has 0 aromatic heterocycles. The van der Waals surface area contributed by atoms with E-state index in [1.54, 1.807) is 26.2 Å². The predicted octanol–water partition coefficient (Wildman–Crippen LogP) is 4.77. The Bertz CT molecular complexity index is 874. The zero-order valence-corrected chi connectivity index (χ0v) is 13.7. The second-order valence-electron chi connectivity index (χ2n) is 5.29. The molecule has 3 aromatic rings. The van der Waals surface area contributed by atoms with Gasteiger partial charge in [-0.05, 0) is 37.3 Å². The molecule has 1 N–H and O–H groups in total. The number of hydrogen-bond acceptors (Lipinski definition) is 4. The number of fused-ring (bicyclic) bond motifs is 1. The number of ether oxygens (including phenoxy) is 2. The molecule has 0 bridgehead atoms. The van der Waals surface area contributed by atoms with Gasteiger partial charge in [0.25, 0.3) is 0 Å². The molecule has 0 radical (unpaired) electrons.